The zero-order valence-corrected chi connectivity index (χ0v) is 12.6. The van der Waals surface area contributed by atoms with E-state index >= 15 is 0 Å². The third-order valence-electron chi connectivity index (χ3n) is 3.51. The van der Waals surface area contributed by atoms with Crippen LogP contribution in [0.2, 0.25) is 0 Å². The Labute approximate surface area is 124 Å². The van der Waals surface area contributed by atoms with Gasteiger partial charge in [-0.2, -0.15) is 0 Å². The lowest BCUT2D eigenvalue weighted by Crippen LogP contribution is -2.45. The molecule has 114 valence electrons. The fourth-order valence-corrected chi connectivity index (χ4v) is 2.67. The van der Waals surface area contributed by atoms with Crippen molar-refractivity contribution in [3.63, 3.8) is 0 Å². The van der Waals surface area contributed by atoms with Gasteiger partial charge in [-0.15, -0.1) is 0 Å². The molecule has 0 radical (unpaired) electrons. The molecule has 5 nitrogen and oxygen atoms in total. The quantitative estimate of drug-likeness (QED) is 0.909. The molecule has 1 N–H and O–H groups in total. The Morgan fingerprint density at radius 3 is 2.38 bits per heavy atom. The lowest BCUT2D eigenvalue weighted by atomic mass is 9.92. The maximum atomic E-state index is 12.2. The number of amides is 1. The lowest BCUT2D eigenvalue weighted by Gasteiger charge is -2.28. The number of ether oxygens (including phenoxy) is 1. The molecule has 1 aromatic rings. The van der Waals surface area contributed by atoms with Crippen LogP contribution in [0, 0.1) is 0 Å². The molecule has 0 bridgehead atoms. The Morgan fingerprint density at radius 2 is 1.86 bits per heavy atom. The van der Waals surface area contributed by atoms with Gasteiger partial charge in [-0.05, 0) is 32.8 Å². The average Bonchev–Trinajstić information content (AvgIpc) is 2.82. The number of carbonyl (C=O) groups excluding carboxylic acids is 1. The van der Waals surface area contributed by atoms with E-state index in [9.17, 15) is 14.7 Å². The van der Waals surface area contributed by atoms with Crippen LogP contribution in [0.5, 0.6) is 0 Å². The monoisotopic (exact) mass is 291 g/mol. The standard InChI is InChI=1S/C16H21NO4/c1-16(2,3)21-15(20)17-10-9-12(13(17)14(18)19)11-7-5-4-6-8-11/h4-8,12-13H,9-10H2,1-3H3,(H,18,19)/t12?,13-/m1/s1. The number of carboxylic acids is 1. The minimum absolute atomic E-state index is 0.198. The number of rotatable bonds is 2. The van der Waals surface area contributed by atoms with Gasteiger partial charge < -0.3 is 9.84 Å². The van der Waals surface area contributed by atoms with E-state index < -0.39 is 23.7 Å². The van der Waals surface area contributed by atoms with Crippen LogP contribution in [0.15, 0.2) is 30.3 Å². The Hall–Kier alpha value is -2.04. The van der Waals surface area contributed by atoms with Gasteiger partial charge in [0.25, 0.3) is 0 Å². The summed E-state index contributed by atoms with van der Waals surface area (Å²) in [6.07, 6.45) is 0.0635. The number of hydrogen-bond acceptors (Lipinski definition) is 3. The third kappa shape index (κ3) is 3.54. The van der Waals surface area contributed by atoms with Crippen LogP contribution in [0.3, 0.4) is 0 Å². The molecule has 0 spiro atoms. The topological polar surface area (TPSA) is 66.8 Å². The lowest BCUT2D eigenvalue weighted by molar-refractivity contribution is -0.142. The fraction of sp³-hybridized carbons (Fsp3) is 0.500. The zero-order valence-electron chi connectivity index (χ0n) is 12.6. The largest absolute Gasteiger partial charge is 0.480 e. The van der Waals surface area contributed by atoms with E-state index in [0.717, 1.165) is 5.56 Å². The second kappa shape index (κ2) is 5.76. The summed E-state index contributed by atoms with van der Waals surface area (Å²) in [6.45, 7) is 5.70. The normalized spacial score (nSPS) is 22.1. The predicted molar refractivity (Wildman–Crippen MR) is 78.2 cm³/mol. The van der Waals surface area contributed by atoms with Crippen LogP contribution in [0.25, 0.3) is 0 Å². The van der Waals surface area contributed by atoms with Crippen LogP contribution in [-0.2, 0) is 9.53 Å². The second-order valence-electron chi connectivity index (χ2n) is 6.26. The highest BCUT2D eigenvalue weighted by Gasteiger charge is 2.44. The van der Waals surface area contributed by atoms with E-state index in [4.69, 9.17) is 4.74 Å². The smallest absolute Gasteiger partial charge is 0.411 e. The number of carbonyl (C=O) groups is 2. The molecule has 21 heavy (non-hydrogen) atoms. The summed E-state index contributed by atoms with van der Waals surface area (Å²) in [6, 6.07) is 8.58. The van der Waals surface area contributed by atoms with E-state index in [-0.39, 0.29) is 5.92 Å². The minimum atomic E-state index is -0.993. The molecule has 2 atom stereocenters. The molecule has 0 saturated carbocycles. The first-order valence-electron chi connectivity index (χ1n) is 7.07. The average molecular weight is 291 g/mol. The molecule has 1 unspecified atom stereocenters. The molecule has 2 rings (SSSR count). The Balaban J connectivity index is 2.22. The van der Waals surface area contributed by atoms with Crippen molar-refractivity contribution in [1.82, 2.24) is 4.90 Å². The SMILES string of the molecule is CC(C)(C)OC(=O)N1CCC(c2ccccc2)[C@@H]1C(=O)O. The van der Waals surface area contributed by atoms with Gasteiger partial charge in [-0.25, -0.2) is 9.59 Å². The maximum Gasteiger partial charge on any atom is 0.411 e. The summed E-state index contributed by atoms with van der Waals surface area (Å²) < 4.78 is 5.31. The van der Waals surface area contributed by atoms with Gasteiger partial charge in [0.1, 0.15) is 11.6 Å². The Kier molecular flexibility index (Phi) is 4.21. The van der Waals surface area contributed by atoms with E-state index in [0.29, 0.717) is 13.0 Å². The molecular formula is C16H21NO4. The fourth-order valence-electron chi connectivity index (χ4n) is 2.67. The summed E-state index contributed by atoms with van der Waals surface area (Å²) in [5.41, 5.74) is 0.307. The Bertz CT molecular complexity index is 521. The Morgan fingerprint density at radius 1 is 1.24 bits per heavy atom. The first kappa shape index (κ1) is 15.4. The van der Waals surface area contributed by atoms with Crippen molar-refractivity contribution >= 4 is 12.1 Å². The number of aliphatic carboxylic acids is 1. The first-order valence-corrected chi connectivity index (χ1v) is 7.07. The van der Waals surface area contributed by atoms with Crippen LogP contribution < -0.4 is 0 Å². The van der Waals surface area contributed by atoms with Crippen molar-refractivity contribution in [2.45, 2.75) is 44.8 Å². The second-order valence-corrected chi connectivity index (χ2v) is 6.26. The van der Waals surface area contributed by atoms with Crippen LogP contribution in [-0.4, -0.2) is 40.3 Å². The molecule has 1 aromatic carbocycles. The van der Waals surface area contributed by atoms with Gasteiger partial charge in [0, 0.05) is 12.5 Å². The van der Waals surface area contributed by atoms with Crippen LogP contribution in [0.1, 0.15) is 38.7 Å². The molecule has 1 heterocycles. The predicted octanol–water partition coefficient (Wildman–Crippen LogP) is 2.86. The summed E-state index contributed by atoms with van der Waals surface area (Å²) in [4.78, 5) is 25.1. The van der Waals surface area contributed by atoms with Crippen LogP contribution >= 0.6 is 0 Å². The highest BCUT2D eigenvalue weighted by Crippen LogP contribution is 2.34. The molecular weight excluding hydrogens is 270 g/mol. The van der Waals surface area contributed by atoms with Crippen molar-refractivity contribution in [3.05, 3.63) is 35.9 Å². The van der Waals surface area contributed by atoms with Gasteiger partial charge in [0.2, 0.25) is 0 Å². The molecule has 1 aliphatic heterocycles. The zero-order chi connectivity index (χ0) is 15.6. The van der Waals surface area contributed by atoms with Gasteiger partial charge in [0.15, 0.2) is 0 Å². The number of carboxylic acid groups (broad SMARTS) is 1. The minimum Gasteiger partial charge on any atom is -0.480 e. The van der Waals surface area contributed by atoms with Gasteiger partial charge in [-0.3, -0.25) is 4.90 Å². The number of nitrogens with zero attached hydrogens (tertiary/aromatic N) is 1. The summed E-state index contributed by atoms with van der Waals surface area (Å²) in [5.74, 6) is -1.19. The van der Waals surface area contributed by atoms with Crippen molar-refractivity contribution in [2.24, 2.45) is 0 Å². The molecule has 1 aliphatic rings. The molecule has 0 aliphatic carbocycles. The molecule has 0 aromatic heterocycles. The third-order valence-corrected chi connectivity index (χ3v) is 3.51. The molecule has 5 heteroatoms. The number of likely N-dealkylation sites (tertiary alicyclic amines) is 1. The van der Waals surface area contributed by atoms with Crippen molar-refractivity contribution < 1.29 is 19.4 Å². The maximum absolute atomic E-state index is 12.2. The van der Waals surface area contributed by atoms with Gasteiger partial charge in [-0.1, -0.05) is 30.3 Å². The molecule has 1 amide bonds. The summed E-state index contributed by atoms with van der Waals surface area (Å²) in [7, 11) is 0. The van der Waals surface area contributed by atoms with E-state index in [1.807, 2.05) is 30.3 Å². The van der Waals surface area contributed by atoms with E-state index in [2.05, 4.69) is 0 Å². The summed E-state index contributed by atoms with van der Waals surface area (Å²) >= 11 is 0. The number of benzene rings is 1. The van der Waals surface area contributed by atoms with Crippen molar-refractivity contribution in [2.75, 3.05) is 6.54 Å². The van der Waals surface area contributed by atoms with Crippen molar-refractivity contribution in [3.8, 4) is 0 Å². The van der Waals surface area contributed by atoms with Gasteiger partial charge in [0.05, 0.1) is 0 Å². The van der Waals surface area contributed by atoms with Crippen LogP contribution in [0.4, 0.5) is 4.79 Å². The highest BCUT2D eigenvalue weighted by atomic mass is 16.6. The number of hydrogen-bond donors (Lipinski definition) is 1. The van der Waals surface area contributed by atoms with E-state index in [1.165, 1.54) is 4.90 Å². The molecule has 1 fully saturated rings. The first-order chi connectivity index (χ1) is 9.79. The molecule has 1 saturated heterocycles. The van der Waals surface area contributed by atoms with Gasteiger partial charge >= 0.3 is 12.1 Å². The van der Waals surface area contributed by atoms with E-state index in [1.54, 1.807) is 20.8 Å². The summed E-state index contributed by atoms with van der Waals surface area (Å²) in [5, 5.41) is 9.51. The van der Waals surface area contributed by atoms with Crippen molar-refractivity contribution in [1.29, 1.82) is 0 Å². The highest BCUT2D eigenvalue weighted by molar-refractivity contribution is 5.82.